The fourth-order valence-corrected chi connectivity index (χ4v) is 4.24. The van der Waals surface area contributed by atoms with E-state index in [-0.39, 0.29) is 18.2 Å². The molecular weight excluding hydrogens is 388 g/mol. The van der Waals surface area contributed by atoms with Crippen molar-refractivity contribution in [3.05, 3.63) is 35.4 Å². The highest BCUT2D eigenvalue weighted by Crippen LogP contribution is 2.21. The summed E-state index contributed by atoms with van der Waals surface area (Å²) in [6.45, 7) is 10.3. The average Bonchev–Trinajstić information content (AvgIpc) is 2.77. The zero-order chi connectivity index (χ0) is 22.2. The second-order valence-electron chi connectivity index (χ2n) is 9.53. The topological polar surface area (TPSA) is 57.2 Å². The van der Waals surface area contributed by atoms with Gasteiger partial charge in [-0.15, -0.1) is 0 Å². The molecule has 0 aromatic heterocycles. The molecule has 1 N–H and O–H groups in total. The van der Waals surface area contributed by atoms with Gasteiger partial charge >= 0.3 is 6.03 Å². The van der Waals surface area contributed by atoms with Crippen LogP contribution in [0.15, 0.2) is 29.3 Å². The number of ether oxygens (including phenoxy) is 1. The van der Waals surface area contributed by atoms with Crippen LogP contribution in [0.1, 0.15) is 57.6 Å². The van der Waals surface area contributed by atoms with E-state index in [1.54, 1.807) is 0 Å². The lowest BCUT2D eigenvalue weighted by atomic mass is 9.97. The Morgan fingerprint density at radius 2 is 1.84 bits per heavy atom. The predicted molar refractivity (Wildman–Crippen MR) is 127 cm³/mol. The molecule has 1 aromatic rings. The van der Waals surface area contributed by atoms with Gasteiger partial charge in [0.15, 0.2) is 0 Å². The summed E-state index contributed by atoms with van der Waals surface area (Å²) >= 11 is 0. The molecule has 0 aliphatic carbocycles. The van der Waals surface area contributed by atoms with Crippen LogP contribution in [0.2, 0.25) is 0 Å². The number of carbonyl (C=O) groups is 1. The van der Waals surface area contributed by atoms with E-state index in [2.05, 4.69) is 59.6 Å². The Morgan fingerprint density at radius 1 is 1.16 bits per heavy atom. The first-order valence-electron chi connectivity index (χ1n) is 11.9. The Morgan fingerprint density at radius 3 is 2.45 bits per heavy atom. The van der Waals surface area contributed by atoms with Crippen LogP contribution in [0.4, 0.5) is 4.79 Å². The summed E-state index contributed by atoms with van der Waals surface area (Å²) in [4.78, 5) is 22.4. The van der Waals surface area contributed by atoms with Gasteiger partial charge in [0.1, 0.15) is 0 Å². The molecule has 172 valence electrons. The molecular formula is C25H40N4O2. The molecule has 0 spiro atoms. The lowest BCUT2D eigenvalue weighted by Crippen LogP contribution is -2.52. The highest BCUT2D eigenvalue weighted by Gasteiger charge is 2.29. The minimum atomic E-state index is 0.0376. The van der Waals surface area contributed by atoms with E-state index in [0.717, 1.165) is 56.4 Å². The number of urea groups is 1. The first kappa shape index (κ1) is 23.7. The molecule has 3 rings (SSSR count). The number of rotatable bonds is 8. The van der Waals surface area contributed by atoms with Crippen LogP contribution in [0, 0.1) is 5.92 Å². The van der Waals surface area contributed by atoms with Gasteiger partial charge in [0.25, 0.3) is 0 Å². The SMILES string of the molecule is CC1C=NC(CN(C(=O)NCc2ccc(COC(C)C)cc2)C2CCN(C)CC2)CC1. The molecule has 2 amide bonds. The largest absolute Gasteiger partial charge is 0.374 e. The van der Waals surface area contributed by atoms with Gasteiger partial charge in [0, 0.05) is 25.3 Å². The highest BCUT2D eigenvalue weighted by molar-refractivity contribution is 5.74. The molecule has 2 heterocycles. The van der Waals surface area contributed by atoms with Crippen molar-refractivity contribution in [3.8, 4) is 0 Å². The first-order valence-corrected chi connectivity index (χ1v) is 11.9. The Hall–Kier alpha value is -1.92. The summed E-state index contributed by atoms with van der Waals surface area (Å²) in [5.41, 5.74) is 2.26. The third-order valence-corrected chi connectivity index (χ3v) is 6.35. The smallest absolute Gasteiger partial charge is 0.317 e. The zero-order valence-electron chi connectivity index (χ0n) is 19.7. The maximum Gasteiger partial charge on any atom is 0.317 e. The van der Waals surface area contributed by atoms with Crippen molar-refractivity contribution in [3.63, 3.8) is 0 Å². The number of aliphatic imine (C=N–C) groups is 1. The third-order valence-electron chi connectivity index (χ3n) is 6.35. The van der Waals surface area contributed by atoms with Crippen LogP contribution in [0.25, 0.3) is 0 Å². The summed E-state index contributed by atoms with van der Waals surface area (Å²) in [5, 5.41) is 3.17. The second-order valence-corrected chi connectivity index (χ2v) is 9.53. The van der Waals surface area contributed by atoms with E-state index in [9.17, 15) is 4.79 Å². The maximum absolute atomic E-state index is 13.2. The van der Waals surface area contributed by atoms with Gasteiger partial charge in [0.2, 0.25) is 0 Å². The van der Waals surface area contributed by atoms with Crippen LogP contribution in [0.3, 0.4) is 0 Å². The molecule has 2 aliphatic heterocycles. The number of likely N-dealkylation sites (tertiary alicyclic amines) is 1. The standard InChI is InChI=1S/C25H40N4O2/c1-19(2)31-18-22-8-6-21(7-9-22)16-27-25(30)29(24-11-13-28(4)14-12-24)17-23-10-5-20(3)15-26-23/h6-9,15,19-20,23-24H,5,10-14,16-18H2,1-4H3,(H,27,30). The van der Waals surface area contributed by atoms with Gasteiger partial charge in [0.05, 0.1) is 18.8 Å². The molecule has 6 heteroatoms. The number of nitrogens with zero attached hydrogens (tertiary/aromatic N) is 3. The predicted octanol–water partition coefficient (Wildman–Crippen LogP) is 4.09. The number of amides is 2. The van der Waals surface area contributed by atoms with Gasteiger partial charge in [-0.05, 0) is 76.7 Å². The Bertz CT molecular complexity index is 711. The second kappa shape index (κ2) is 11.6. The van der Waals surface area contributed by atoms with E-state index in [1.807, 2.05) is 13.8 Å². The molecule has 1 saturated heterocycles. The van der Waals surface area contributed by atoms with Crippen LogP contribution >= 0.6 is 0 Å². The third kappa shape index (κ3) is 7.62. The summed E-state index contributed by atoms with van der Waals surface area (Å²) in [6.07, 6.45) is 6.57. The van der Waals surface area contributed by atoms with E-state index in [1.165, 1.54) is 0 Å². The van der Waals surface area contributed by atoms with Crippen molar-refractivity contribution in [1.82, 2.24) is 15.1 Å². The molecule has 0 bridgehead atoms. The normalized spacial score (nSPS) is 22.6. The minimum absolute atomic E-state index is 0.0376. The Kier molecular flexibility index (Phi) is 8.90. The molecule has 31 heavy (non-hydrogen) atoms. The maximum atomic E-state index is 13.2. The van der Waals surface area contributed by atoms with Crippen molar-refractivity contribution in [1.29, 1.82) is 0 Å². The molecule has 2 unspecified atom stereocenters. The fraction of sp³-hybridized carbons (Fsp3) is 0.680. The zero-order valence-corrected chi connectivity index (χ0v) is 19.7. The average molecular weight is 429 g/mol. The molecule has 0 saturated carbocycles. The van der Waals surface area contributed by atoms with E-state index >= 15 is 0 Å². The van der Waals surface area contributed by atoms with E-state index in [0.29, 0.717) is 25.1 Å². The minimum Gasteiger partial charge on any atom is -0.374 e. The van der Waals surface area contributed by atoms with Crippen molar-refractivity contribution in [2.45, 2.75) is 77.8 Å². The van der Waals surface area contributed by atoms with Crippen molar-refractivity contribution in [2.75, 3.05) is 26.7 Å². The highest BCUT2D eigenvalue weighted by atomic mass is 16.5. The number of benzene rings is 1. The first-order chi connectivity index (χ1) is 14.9. The lowest BCUT2D eigenvalue weighted by Gasteiger charge is -2.39. The lowest BCUT2D eigenvalue weighted by molar-refractivity contribution is 0.0657. The molecule has 2 atom stereocenters. The van der Waals surface area contributed by atoms with Crippen LogP contribution < -0.4 is 5.32 Å². The van der Waals surface area contributed by atoms with E-state index in [4.69, 9.17) is 9.73 Å². The summed E-state index contributed by atoms with van der Waals surface area (Å²) in [6, 6.07) is 8.86. The molecule has 2 aliphatic rings. The van der Waals surface area contributed by atoms with Gasteiger partial charge in [-0.2, -0.15) is 0 Å². The van der Waals surface area contributed by atoms with Crippen LogP contribution in [-0.4, -0.2) is 66.9 Å². The van der Waals surface area contributed by atoms with Crippen molar-refractivity contribution >= 4 is 12.2 Å². The van der Waals surface area contributed by atoms with Gasteiger partial charge in [-0.1, -0.05) is 31.2 Å². The monoisotopic (exact) mass is 428 g/mol. The Labute approximate surface area is 188 Å². The summed E-state index contributed by atoms with van der Waals surface area (Å²) in [7, 11) is 2.16. The van der Waals surface area contributed by atoms with Crippen LogP contribution in [0.5, 0.6) is 0 Å². The number of nitrogens with one attached hydrogen (secondary N) is 1. The van der Waals surface area contributed by atoms with Gasteiger partial charge in [-0.25, -0.2) is 4.79 Å². The molecule has 0 radical (unpaired) electrons. The van der Waals surface area contributed by atoms with E-state index < -0.39 is 0 Å². The number of piperidine rings is 1. The molecule has 1 aromatic carbocycles. The molecule has 1 fully saturated rings. The number of carbonyl (C=O) groups excluding carboxylic acids is 1. The quantitative estimate of drug-likeness (QED) is 0.679. The van der Waals surface area contributed by atoms with Gasteiger partial charge < -0.3 is 19.9 Å². The number of hydrogen-bond donors (Lipinski definition) is 1. The fourth-order valence-electron chi connectivity index (χ4n) is 4.24. The number of hydrogen-bond acceptors (Lipinski definition) is 4. The van der Waals surface area contributed by atoms with Gasteiger partial charge in [-0.3, -0.25) is 4.99 Å². The summed E-state index contributed by atoms with van der Waals surface area (Å²) < 4.78 is 5.66. The van der Waals surface area contributed by atoms with Crippen molar-refractivity contribution in [2.24, 2.45) is 10.9 Å². The summed E-state index contributed by atoms with van der Waals surface area (Å²) in [5.74, 6) is 0.552. The van der Waals surface area contributed by atoms with Crippen molar-refractivity contribution < 1.29 is 9.53 Å². The Balaban J connectivity index is 1.57. The van der Waals surface area contributed by atoms with Crippen LogP contribution in [-0.2, 0) is 17.9 Å². The molecule has 6 nitrogen and oxygen atoms in total.